The topological polar surface area (TPSA) is 114 Å². The van der Waals surface area contributed by atoms with Gasteiger partial charge in [-0.15, -0.1) is 0 Å². The highest BCUT2D eigenvalue weighted by atomic mass is 16.6. The summed E-state index contributed by atoms with van der Waals surface area (Å²) in [5.41, 5.74) is 1.10. The van der Waals surface area contributed by atoms with Gasteiger partial charge < -0.3 is 29.5 Å². The minimum atomic E-state index is -0.828. The van der Waals surface area contributed by atoms with Crippen molar-refractivity contribution >= 4 is 18.0 Å². The smallest absolute Gasteiger partial charge is 0.408 e. The number of aryl methyl sites for hydroxylation is 1. The number of hydrogen-bond acceptors (Lipinski definition) is 6. The van der Waals surface area contributed by atoms with Gasteiger partial charge in [-0.25, -0.2) is 4.79 Å². The van der Waals surface area contributed by atoms with Gasteiger partial charge in [0, 0.05) is 25.9 Å². The molecule has 2 aromatic rings. The fourth-order valence-electron chi connectivity index (χ4n) is 3.69. The molecule has 0 aliphatic carbocycles. The van der Waals surface area contributed by atoms with Crippen LogP contribution < -0.4 is 10.1 Å². The number of morpholine rings is 1. The summed E-state index contributed by atoms with van der Waals surface area (Å²) in [6.45, 7) is 7.21. The fraction of sp³-hybridized carbons (Fsp3) is 0.444. The lowest BCUT2D eigenvalue weighted by molar-refractivity contribution is -0.138. The van der Waals surface area contributed by atoms with Crippen molar-refractivity contribution in [3.05, 3.63) is 59.7 Å². The molecular weight excluding hydrogens is 464 g/mol. The second kappa shape index (κ2) is 12.4. The number of rotatable bonds is 9. The predicted molar refractivity (Wildman–Crippen MR) is 133 cm³/mol. The summed E-state index contributed by atoms with van der Waals surface area (Å²) in [7, 11) is 0. The molecule has 9 heteroatoms. The van der Waals surface area contributed by atoms with Crippen LogP contribution in [0.4, 0.5) is 4.79 Å². The van der Waals surface area contributed by atoms with Crippen LogP contribution in [-0.2, 0) is 31.9 Å². The number of carbonyl (C=O) groups is 3. The Hall–Kier alpha value is -3.59. The van der Waals surface area contributed by atoms with Crippen LogP contribution >= 0.6 is 0 Å². The normalized spacial score (nSPS) is 14.6. The van der Waals surface area contributed by atoms with Gasteiger partial charge in [0.25, 0.3) is 0 Å². The highest BCUT2D eigenvalue weighted by molar-refractivity contribution is 5.86. The molecule has 3 rings (SSSR count). The first kappa shape index (κ1) is 27.0. The van der Waals surface area contributed by atoms with Gasteiger partial charge >= 0.3 is 12.1 Å². The molecule has 1 fully saturated rings. The third-order valence-corrected chi connectivity index (χ3v) is 5.46. The lowest BCUT2D eigenvalue weighted by Crippen LogP contribution is -2.53. The number of aliphatic carboxylic acids is 1. The van der Waals surface area contributed by atoms with Crippen LogP contribution in [0, 0.1) is 0 Å². The largest absolute Gasteiger partial charge is 0.481 e. The van der Waals surface area contributed by atoms with Crippen molar-refractivity contribution in [3.63, 3.8) is 0 Å². The summed E-state index contributed by atoms with van der Waals surface area (Å²) < 4.78 is 16.6. The zero-order valence-electron chi connectivity index (χ0n) is 21.0. The van der Waals surface area contributed by atoms with Crippen LogP contribution in [0.1, 0.15) is 38.3 Å². The van der Waals surface area contributed by atoms with Gasteiger partial charge in [-0.1, -0.05) is 24.3 Å². The van der Waals surface area contributed by atoms with Crippen molar-refractivity contribution in [2.75, 3.05) is 26.3 Å². The minimum Gasteiger partial charge on any atom is -0.481 e. The number of carboxylic acid groups (broad SMARTS) is 1. The van der Waals surface area contributed by atoms with Crippen LogP contribution in [-0.4, -0.2) is 65.9 Å². The summed E-state index contributed by atoms with van der Waals surface area (Å²) in [5, 5.41) is 11.5. The summed E-state index contributed by atoms with van der Waals surface area (Å²) in [6.07, 6.45) is 0.209. The number of hydrogen-bond donors (Lipinski definition) is 2. The zero-order valence-corrected chi connectivity index (χ0v) is 21.0. The van der Waals surface area contributed by atoms with E-state index in [1.807, 2.05) is 24.3 Å². The standard InChI is InChI=1S/C27H34N2O7/c1-27(2,3)36-26(33)28-23(25(32)29-14-16-34-17-15-29)18-20-6-11-22(12-7-20)35-21-9-4-19(5-10-21)8-13-24(30)31/h4-7,9-12,23H,8,13-18H2,1-3H3,(H,28,33)(H,30,31). The highest BCUT2D eigenvalue weighted by Gasteiger charge is 2.29. The summed E-state index contributed by atoms with van der Waals surface area (Å²) in [4.78, 5) is 38.0. The molecule has 0 spiro atoms. The van der Waals surface area contributed by atoms with E-state index in [2.05, 4.69) is 5.32 Å². The molecule has 0 bridgehead atoms. The van der Waals surface area contributed by atoms with Gasteiger partial charge in [0.2, 0.25) is 5.91 Å². The lowest BCUT2D eigenvalue weighted by Gasteiger charge is -2.31. The SMILES string of the molecule is CC(C)(C)OC(=O)NC(Cc1ccc(Oc2ccc(CCC(=O)O)cc2)cc1)C(=O)N1CCOCC1. The van der Waals surface area contributed by atoms with E-state index < -0.39 is 23.7 Å². The summed E-state index contributed by atoms with van der Waals surface area (Å²) >= 11 is 0. The molecule has 2 N–H and O–H groups in total. The molecule has 2 amide bonds. The molecule has 0 radical (unpaired) electrons. The van der Waals surface area contributed by atoms with E-state index >= 15 is 0 Å². The van der Waals surface area contributed by atoms with E-state index in [1.165, 1.54) is 0 Å². The fourth-order valence-corrected chi connectivity index (χ4v) is 3.69. The molecule has 1 unspecified atom stereocenters. The monoisotopic (exact) mass is 498 g/mol. The van der Waals surface area contributed by atoms with E-state index in [4.69, 9.17) is 19.3 Å². The van der Waals surface area contributed by atoms with Crippen molar-refractivity contribution in [1.82, 2.24) is 10.2 Å². The molecule has 194 valence electrons. The van der Waals surface area contributed by atoms with E-state index in [9.17, 15) is 14.4 Å². The number of nitrogens with zero attached hydrogens (tertiary/aromatic N) is 1. The third-order valence-electron chi connectivity index (χ3n) is 5.46. The molecule has 1 heterocycles. The van der Waals surface area contributed by atoms with Gasteiger partial charge in [-0.2, -0.15) is 0 Å². The molecule has 1 saturated heterocycles. The average molecular weight is 499 g/mol. The molecular formula is C27H34N2O7. The number of ether oxygens (including phenoxy) is 3. The number of benzene rings is 2. The van der Waals surface area contributed by atoms with E-state index in [-0.39, 0.29) is 12.3 Å². The molecule has 2 aromatic carbocycles. The van der Waals surface area contributed by atoms with Gasteiger partial charge in [-0.05, 0) is 62.6 Å². The lowest BCUT2D eigenvalue weighted by atomic mass is 10.0. The van der Waals surface area contributed by atoms with Crippen LogP contribution in [0.25, 0.3) is 0 Å². The Morgan fingerprint density at radius 3 is 2.06 bits per heavy atom. The molecule has 1 atom stereocenters. The Bertz CT molecular complexity index is 1020. The van der Waals surface area contributed by atoms with Gasteiger partial charge in [0.1, 0.15) is 23.1 Å². The third kappa shape index (κ3) is 8.88. The van der Waals surface area contributed by atoms with E-state index in [0.29, 0.717) is 50.6 Å². The van der Waals surface area contributed by atoms with Gasteiger partial charge in [0.15, 0.2) is 0 Å². The Labute approximate surface area is 211 Å². The number of carboxylic acids is 1. The first-order valence-corrected chi connectivity index (χ1v) is 12.0. The Kier molecular flexibility index (Phi) is 9.30. The minimum absolute atomic E-state index is 0.0828. The van der Waals surface area contributed by atoms with Crippen molar-refractivity contribution in [2.24, 2.45) is 0 Å². The van der Waals surface area contributed by atoms with E-state index in [0.717, 1.165) is 11.1 Å². The van der Waals surface area contributed by atoms with Crippen molar-refractivity contribution in [3.8, 4) is 11.5 Å². The van der Waals surface area contributed by atoms with E-state index in [1.54, 1.807) is 49.9 Å². The molecule has 1 aliphatic heterocycles. The van der Waals surface area contributed by atoms with Crippen molar-refractivity contribution in [1.29, 1.82) is 0 Å². The average Bonchev–Trinajstić information content (AvgIpc) is 2.83. The van der Waals surface area contributed by atoms with Gasteiger partial charge in [-0.3, -0.25) is 9.59 Å². The Balaban J connectivity index is 1.64. The first-order chi connectivity index (χ1) is 17.1. The summed E-state index contributed by atoms with van der Waals surface area (Å²) in [5.74, 6) is 0.250. The molecule has 0 saturated carbocycles. The van der Waals surface area contributed by atoms with Crippen LogP contribution in [0.3, 0.4) is 0 Å². The second-order valence-electron chi connectivity index (χ2n) is 9.62. The van der Waals surface area contributed by atoms with Crippen molar-refractivity contribution in [2.45, 2.75) is 51.7 Å². The quantitative estimate of drug-likeness (QED) is 0.541. The molecule has 0 aromatic heterocycles. The van der Waals surface area contributed by atoms with Crippen LogP contribution in [0.2, 0.25) is 0 Å². The second-order valence-corrected chi connectivity index (χ2v) is 9.62. The highest BCUT2D eigenvalue weighted by Crippen LogP contribution is 2.23. The number of carbonyl (C=O) groups excluding carboxylic acids is 2. The summed E-state index contributed by atoms with van der Waals surface area (Å²) in [6, 6.07) is 13.8. The first-order valence-electron chi connectivity index (χ1n) is 12.0. The molecule has 36 heavy (non-hydrogen) atoms. The predicted octanol–water partition coefficient (Wildman–Crippen LogP) is 3.79. The molecule has 1 aliphatic rings. The Morgan fingerprint density at radius 1 is 0.972 bits per heavy atom. The maximum atomic E-state index is 13.2. The number of alkyl carbamates (subject to hydrolysis) is 1. The van der Waals surface area contributed by atoms with Crippen LogP contribution in [0.15, 0.2) is 48.5 Å². The van der Waals surface area contributed by atoms with Crippen molar-refractivity contribution < 1.29 is 33.7 Å². The molecule has 9 nitrogen and oxygen atoms in total. The maximum absolute atomic E-state index is 13.2. The zero-order chi connectivity index (χ0) is 26.1. The Morgan fingerprint density at radius 2 is 1.53 bits per heavy atom. The maximum Gasteiger partial charge on any atom is 0.408 e. The van der Waals surface area contributed by atoms with Gasteiger partial charge in [0.05, 0.1) is 13.2 Å². The van der Waals surface area contributed by atoms with Crippen LogP contribution in [0.5, 0.6) is 11.5 Å². The number of amides is 2. The number of nitrogens with one attached hydrogen (secondary N) is 1.